The smallest absolute Gasteiger partial charge is 0.125 e. The lowest BCUT2D eigenvalue weighted by atomic mass is 10.1. The summed E-state index contributed by atoms with van der Waals surface area (Å²) in [6, 6.07) is 18.9. The number of pyridine rings is 1. The zero-order chi connectivity index (χ0) is 27.6. The maximum absolute atomic E-state index is 5.95. The van der Waals surface area contributed by atoms with Crippen LogP contribution in [0.4, 0.5) is 11.4 Å². The van der Waals surface area contributed by atoms with E-state index in [0.29, 0.717) is 30.4 Å². The molecule has 2 aromatic carbocycles. The van der Waals surface area contributed by atoms with Crippen LogP contribution in [-0.4, -0.2) is 43.0 Å². The number of aliphatic imine (C=N–C) groups is 3. The van der Waals surface area contributed by atoms with E-state index in [4.69, 9.17) is 23.0 Å². The molecule has 0 fully saturated rings. The van der Waals surface area contributed by atoms with Gasteiger partial charge in [-0.1, -0.05) is 43.3 Å². The van der Waals surface area contributed by atoms with E-state index in [-0.39, 0.29) is 0 Å². The summed E-state index contributed by atoms with van der Waals surface area (Å²) in [7, 11) is 1.77. The lowest BCUT2D eigenvalue weighted by Crippen LogP contribution is -2.15. The highest BCUT2D eigenvalue weighted by Gasteiger charge is 2.00. The molecular formula is C29H39N9. The van der Waals surface area contributed by atoms with Crippen molar-refractivity contribution in [2.24, 2.45) is 32.3 Å². The van der Waals surface area contributed by atoms with Gasteiger partial charge in [-0.2, -0.15) is 0 Å². The molecule has 38 heavy (non-hydrogen) atoms. The number of aromatic nitrogens is 1. The Morgan fingerprint density at radius 1 is 0.947 bits per heavy atom. The number of hydrogen-bond donors (Lipinski definition) is 5. The molecule has 0 aliphatic rings. The molecule has 0 atom stereocenters. The van der Waals surface area contributed by atoms with Gasteiger partial charge >= 0.3 is 0 Å². The van der Waals surface area contributed by atoms with Gasteiger partial charge in [0.2, 0.25) is 0 Å². The van der Waals surface area contributed by atoms with E-state index in [0.717, 1.165) is 41.6 Å². The number of amidine groups is 2. The van der Waals surface area contributed by atoms with Crippen molar-refractivity contribution in [2.75, 3.05) is 31.3 Å². The van der Waals surface area contributed by atoms with Gasteiger partial charge in [0.05, 0.1) is 0 Å². The van der Waals surface area contributed by atoms with E-state index in [1.807, 2.05) is 73.1 Å². The van der Waals surface area contributed by atoms with E-state index in [2.05, 4.69) is 38.4 Å². The van der Waals surface area contributed by atoms with Crippen LogP contribution < -0.4 is 28.5 Å². The number of nitrogens with zero attached hydrogens (tertiary/aromatic N) is 4. The molecule has 3 aromatic rings. The Morgan fingerprint density at radius 2 is 1.66 bits per heavy atom. The fourth-order valence-corrected chi connectivity index (χ4v) is 3.45. The molecule has 9 heteroatoms. The van der Waals surface area contributed by atoms with Crippen LogP contribution in [-0.2, 0) is 6.42 Å². The summed E-state index contributed by atoms with van der Waals surface area (Å²) in [4.78, 5) is 16.8. The standard InChI is InChI=1S/C15H22N4.C14H17N5/c1-3-5-12(11-18-2)8-9-19-15(17)13-6-4-7-14(16)10-13;15-14(12-4-1-5-13(9-12)19-16)18-8-6-11-3-2-7-17-10-11/h4-7,10-11H,3,8-9,16H2,1-2H3,(H2,17,19);1-5,7,9-10,19H,6,8,16H2,(H2,15,18)/b12-5-,18-11?;. The number of nitrogens with two attached hydrogens (primary N) is 4. The lowest BCUT2D eigenvalue weighted by molar-refractivity contribution is 0.956. The van der Waals surface area contributed by atoms with Crippen molar-refractivity contribution in [3.8, 4) is 0 Å². The van der Waals surface area contributed by atoms with Gasteiger partial charge in [0.15, 0.2) is 0 Å². The van der Waals surface area contributed by atoms with Gasteiger partial charge in [0, 0.05) is 61.2 Å². The van der Waals surface area contributed by atoms with Crippen LogP contribution in [0, 0.1) is 0 Å². The molecule has 0 amide bonds. The van der Waals surface area contributed by atoms with Crippen molar-refractivity contribution < 1.29 is 0 Å². The predicted octanol–water partition coefficient (Wildman–Crippen LogP) is 3.72. The third-order valence-electron chi connectivity index (χ3n) is 5.36. The summed E-state index contributed by atoms with van der Waals surface area (Å²) in [5.41, 5.74) is 25.8. The molecule has 0 saturated heterocycles. The topological polar surface area (TPSA) is 166 Å². The summed E-state index contributed by atoms with van der Waals surface area (Å²) in [6.07, 6.45) is 10.3. The van der Waals surface area contributed by atoms with Gasteiger partial charge in [-0.05, 0) is 60.7 Å². The average Bonchev–Trinajstić information content (AvgIpc) is 2.94. The fraction of sp³-hybridized carbons (Fsp3) is 0.241. The molecule has 0 spiro atoms. The third kappa shape index (κ3) is 11.0. The van der Waals surface area contributed by atoms with Gasteiger partial charge in [-0.15, -0.1) is 0 Å². The molecule has 9 nitrogen and oxygen atoms in total. The molecule has 0 aliphatic heterocycles. The molecule has 200 valence electrons. The fourth-order valence-electron chi connectivity index (χ4n) is 3.45. The second-order valence-electron chi connectivity index (χ2n) is 8.32. The van der Waals surface area contributed by atoms with Crippen molar-refractivity contribution in [3.05, 3.63) is 101 Å². The van der Waals surface area contributed by atoms with E-state index in [1.165, 1.54) is 5.57 Å². The Bertz CT molecular complexity index is 1230. The monoisotopic (exact) mass is 513 g/mol. The minimum absolute atomic E-state index is 0.515. The van der Waals surface area contributed by atoms with E-state index < -0.39 is 0 Å². The minimum atomic E-state index is 0.515. The summed E-state index contributed by atoms with van der Waals surface area (Å²) >= 11 is 0. The average molecular weight is 514 g/mol. The number of nitrogen functional groups attached to an aromatic ring is 2. The highest BCUT2D eigenvalue weighted by molar-refractivity contribution is 5.98. The predicted molar refractivity (Wildman–Crippen MR) is 162 cm³/mol. The third-order valence-corrected chi connectivity index (χ3v) is 5.36. The molecule has 0 aliphatic carbocycles. The van der Waals surface area contributed by atoms with Gasteiger partial charge in [0.1, 0.15) is 11.7 Å². The number of anilines is 2. The van der Waals surface area contributed by atoms with Crippen LogP contribution >= 0.6 is 0 Å². The first-order chi connectivity index (χ1) is 18.5. The van der Waals surface area contributed by atoms with Crippen LogP contribution in [0.15, 0.2) is 99.7 Å². The molecule has 3 rings (SSSR count). The quantitative estimate of drug-likeness (QED) is 0.0861. The van der Waals surface area contributed by atoms with E-state index in [1.54, 1.807) is 13.2 Å². The van der Waals surface area contributed by atoms with Crippen LogP contribution in [0.2, 0.25) is 0 Å². The SMILES string of the molecule is CC/C=C(\C=NC)CCN=C(N)c1cccc(N)c1.NNc1cccc(C(N)=NCCc2cccnc2)c1. The Hall–Kier alpha value is -4.50. The van der Waals surface area contributed by atoms with Crippen LogP contribution in [0.5, 0.6) is 0 Å². The van der Waals surface area contributed by atoms with Crippen molar-refractivity contribution in [3.63, 3.8) is 0 Å². The maximum atomic E-state index is 5.95. The Labute approximate surface area is 225 Å². The van der Waals surface area contributed by atoms with Crippen molar-refractivity contribution >= 4 is 29.3 Å². The number of benzene rings is 2. The zero-order valence-corrected chi connectivity index (χ0v) is 22.2. The lowest BCUT2D eigenvalue weighted by Gasteiger charge is -2.04. The Balaban J connectivity index is 0.000000267. The second kappa shape index (κ2) is 17.0. The van der Waals surface area contributed by atoms with Crippen molar-refractivity contribution in [2.45, 2.75) is 26.2 Å². The molecule has 0 unspecified atom stereocenters. The molecule has 0 bridgehead atoms. The number of allylic oxidation sites excluding steroid dienone is 1. The number of hydrazine groups is 1. The first kappa shape index (κ1) is 29.7. The highest BCUT2D eigenvalue weighted by Crippen LogP contribution is 2.09. The highest BCUT2D eigenvalue weighted by atomic mass is 15.2. The summed E-state index contributed by atoms with van der Waals surface area (Å²) in [5, 5.41) is 0. The molecule has 0 saturated carbocycles. The first-order valence-electron chi connectivity index (χ1n) is 12.5. The molecule has 0 radical (unpaired) electrons. The van der Waals surface area contributed by atoms with Gasteiger partial charge in [-0.25, -0.2) is 0 Å². The van der Waals surface area contributed by atoms with E-state index >= 15 is 0 Å². The number of nitrogens with one attached hydrogen (secondary N) is 1. The molecule has 1 heterocycles. The number of hydrogen-bond acceptors (Lipinski definition) is 7. The largest absolute Gasteiger partial charge is 0.399 e. The van der Waals surface area contributed by atoms with Gasteiger partial charge < -0.3 is 22.6 Å². The summed E-state index contributed by atoms with van der Waals surface area (Å²) in [5.74, 6) is 6.40. The Kier molecular flexibility index (Phi) is 13.3. The Morgan fingerprint density at radius 3 is 2.29 bits per heavy atom. The summed E-state index contributed by atoms with van der Waals surface area (Å²) in [6.45, 7) is 3.39. The minimum Gasteiger partial charge on any atom is -0.399 e. The van der Waals surface area contributed by atoms with Crippen LogP contribution in [0.1, 0.15) is 36.5 Å². The van der Waals surface area contributed by atoms with Gasteiger partial charge in [0.25, 0.3) is 0 Å². The van der Waals surface area contributed by atoms with E-state index in [9.17, 15) is 0 Å². The van der Waals surface area contributed by atoms with Crippen molar-refractivity contribution in [1.82, 2.24) is 4.98 Å². The molecule has 1 aromatic heterocycles. The first-order valence-corrected chi connectivity index (χ1v) is 12.5. The van der Waals surface area contributed by atoms with Crippen LogP contribution in [0.3, 0.4) is 0 Å². The second-order valence-corrected chi connectivity index (χ2v) is 8.32. The normalized spacial score (nSPS) is 12.2. The van der Waals surface area contributed by atoms with Gasteiger partial charge in [-0.3, -0.25) is 25.8 Å². The zero-order valence-electron chi connectivity index (χ0n) is 22.2. The molecular weight excluding hydrogens is 474 g/mol. The number of rotatable bonds is 11. The van der Waals surface area contributed by atoms with Crippen LogP contribution in [0.25, 0.3) is 0 Å². The maximum Gasteiger partial charge on any atom is 0.125 e. The summed E-state index contributed by atoms with van der Waals surface area (Å²) < 4.78 is 0. The molecule has 9 N–H and O–H groups in total. The van der Waals surface area contributed by atoms with Crippen molar-refractivity contribution in [1.29, 1.82) is 0 Å².